The van der Waals surface area contributed by atoms with E-state index < -0.39 is 11.2 Å². The van der Waals surface area contributed by atoms with Gasteiger partial charge in [0.25, 0.3) is 0 Å². The van der Waals surface area contributed by atoms with Crippen LogP contribution in [-0.4, -0.2) is 24.7 Å². The SMILES string of the molecule is O=c1[nH]c2c(cnn2-c2ccccc2)c(=O)n1O. The molecule has 0 bridgehead atoms. The number of hydrogen-bond acceptors (Lipinski definition) is 4. The predicted octanol–water partition coefficient (Wildman–Crippen LogP) is 0.113. The fourth-order valence-electron chi connectivity index (χ4n) is 1.75. The van der Waals surface area contributed by atoms with Crippen LogP contribution in [0.2, 0.25) is 0 Å². The number of para-hydroxylation sites is 1. The molecule has 0 aliphatic carbocycles. The van der Waals surface area contributed by atoms with E-state index in [4.69, 9.17) is 0 Å². The van der Waals surface area contributed by atoms with Crippen molar-refractivity contribution in [3.8, 4) is 5.69 Å². The second-order valence-electron chi connectivity index (χ2n) is 3.70. The summed E-state index contributed by atoms with van der Waals surface area (Å²) in [6.45, 7) is 0. The molecule has 0 radical (unpaired) electrons. The Balaban J connectivity index is 2.41. The van der Waals surface area contributed by atoms with E-state index in [9.17, 15) is 14.8 Å². The molecule has 2 aromatic heterocycles. The standard InChI is InChI=1S/C11H8N4O3/c16-10-8-6-12-14(7-4-2-1-3-5-7)9(8)13-11(17)15(10)18/h1-6,18H,(H,13,17). The van der Waals surface area contributed by atoms with Crippen molar-refractivity contribution < 1.29 is 5.21 Å². The molecule has 7 nitrogen and oxygen atoms in total. The van der Waals surface area contributed by atoms with Crippen LogP contribution in [0.5, 0.6) is 0 Å². The van der Waals surface area contributed by atoms with E-state index in [2.05, 4.69) is 10.1 Å². The first-order chi connectivity index (χ1) is 8.68. The minimum atomic E-state index is -0.898. The smallest absolute Gasteiger partial charge is 0.363 e. The van der Waals surface area contributed by atoms with Crippen LogP contribution < -0.4 is 11.2 Å². The maximum atomic E-state index is 11.6. The predicted molar refractivity (Wildman–Crippen MR) is 63.1 cm³/mol. The molecular formula is C11H8N4O3. The van der Waals surface area contributed by atoms with Gasteiger partial charge in [0.1, 0.15) is 5.39 Å². The largest absolute Gasteiger partial charge is 0.421 e. The topological polar surface area (TPSA) is 92.9 Å². The molecule has 2 N–H and O–H groups in total. The molecule has 0 saturated heterocycles. The van der Waals surface area contributed by atoms with Crippen LogP contribution in [0.25, 0.3) is 16.7 Å². The fraction of sp³-hybridized carbons (Fsp3) is 0. The van der Waals surface area contributed by atoms with Crippen LogP contribution in [0.1, 0.15) is 0 Å². The Hall–Kier alpha value is -2.83. The molecule has 0 atom stereocenters. The molecule has 0 spiro atoms. The van der Waals surface area contributed by atoms with Crippen molar-refractivity contribution in [2.75, 3.05) is 0 Å². The number of aromatic amines is 1. The Morgan fingerprint density at radius 2 is 1.89 bits per heavy atom. The molecule has 1 aromatic carbocycles. The van der Waals surface area contributed by atoms with Gasteiger partial charge in [-0.1, -0.05) is 22.9 Å². The molecule has 2 heterocycles. The third-order valence-corrected chi connectivity index (χ3v) is 2.61. The van der Waals surface area contributed by atoms with E-state index in [-0.39, 0.29) is 15.8 Å². The second-order valence-corrected chi connectivity index (χ2v) is 3.70. The van der Waals surface area contributed by atoms with Gasteiger partial charge in [-0.15, -0.1) is 0 Å². The lowest BCUT2D eigenvalue weighted by Gasteiger charge is -2.02. The number of hydrogen-bond donors (Lipinski definition) is 2. The van der Waals surface area contributed by atoms with E-state index in [0.717, 1.165) is 0 Å². The van der Waals surface area contributed by atoms with E-state index in [1.807, 2.05) is 18.2 Å². The summed E-state index contributed by atoms with van der Waals surface area (Å²) in [6, 6.07) is 9.05. The summed E-state index contributed by atoms with van der Waals surface area (Å²) in [5.74, 6) is 0. The highest BCUT2D eigenvalue weighted by Crippen LogP contribution is 2.11. The normalized spacial score (nSPS) is 10.9. The molecule has 0 aliphatic rings. The van der Waals surface area contributed by atoms with Gasteiger partial charge in [-0.3, -0.25) is 9.78 Å². The molecule has 3 aromatic rings. The second kappa shape index (κ2) is 3.59. The van der Waals surface area contributed by atoms with Gasteiger partial charge in [-0.05, 0) is 12.1 Å². The number of H-pyrrole nitrogens is 1. The first-order valence-corrected chi connectivity index (χ1v) is 5.16. The van der Waals surface area contributed by atoms with Gasteiger partial charge in [0.05, 0.1) is 11.9 Å². The summed E-state index contributed by atoms with van der Waals surface area (Å²) < 4.78 is 1.46. The minimum absolute atomic E-state index is 0.0271. The van der Waals surface area contributed by atoms with E-state index in [1.54, 1.807) is 12.1 Å². The molecule has 0 aliphatic heterocycles. The van der Waals surface area contributed by atoms with Crippen molar-refractivity contribution in [1.82, 2.24) is 19.5 Å². The lowest BCUT2D eigenvalue weighted by atomic mass is 10.3. The summed E-state index contributed by atoms with van der Waals surface area (Å²) in [5, 5.41) is 13.4. The zero-order valence-electron chi connectivity index (χ0n) is 9.07. The van der Waals surface area contributed by atoms with Crippen LogP contribution >= 0.6 is 0 Å². The fourth-order valence-corrected chi connectivity index (χ4v) is 1.75. The van der Waals surface area contributed by atoms with Crippen molar-refractivity contribution >= 4 is 11.0 Å². The lowest BCUT2D eigenvalue weighted by Crippen LogP contribution is -2.33. The molecule has 0 saturated carbocycles. The number of benzene rings is 1. The summed E-state index contributed by atoms with van der Waals surface area (Å²) in [7, 11) is 0. The van der Waals surface area contributed by atoms with Crippen LogP contribution in [0.3, 0.4) is 0 Å². The van der Waals surface area contributed by atoms with Gasteiger partial charge in [0, 0.05) is 0 Å². The van der Waals surface area contributed by atoms with E-state index in [0.29, 0.717) is 5.69 Å². The molecular weight excluding hydrogens is 236 g/mol. The Bertz CT molecular complexity index is 829. The molecule has 0 unspecified atom stereocenters. The monoisotopic (exact) mass is 244 g/mol. The van der Waals surface area contributed by atoms with Gasteiger partial charge in [0.2, 0.25) is 0 Å². The summed E-state index contributed by atoms with van der Waals surface area (Å²) in [6.07, 6.45) is 1.30. The Kier molecular flexibility index (Phi) is 2.06. The van der Waals surface area contributed by atoms with E-state index in [1.165, 1.54) is 10.9 Å². The third-order valence-electron chi connectivity index (χ3n) is 2.61. The first kappa shape index (κ1) is 10.3. The minimum Gasteiger partial charge on any atom is -0.421 e. The maximum Gasteiger partial charge on any atom is 0.363 e. The molecule has 0 fully saturated rings. The summed E-state index contributed by atoms with van der Waals surface area (Å²) >= 11 is 0. The molecule has 0 amide bonds. The number of aromatic nitrogens is 4. The van der Waals surface area contributed by atoms with Crippen LogP contribution in [-0.2, 0) is 0 Å². The highest BCUT2D eigenvalue weighted by Gasteiger charge is 2.12. The average Bonchev–Trinajstić information content (AvgIpc) is 2.81. The summed E-state index contributed by atoms with van der Waals surface area (Å²) in [5.41, 5.74) is -0.735. The van der Waals surface area contributed by atoms with Crippen molar-refractivity contribution in [1.29, 1.82) is 0 Å². The quantitative estimate of drug-likeness (QED) is 0.594. The zero-order chi connectivity index (χ0) is 12.7. The van der Waals surface area contributed by atoms with Crippen LogP contribution in [0.4, 0.5) is 0 Å². The molecule has 7 heteroatoms. The molecule has 3 rings (SSSR count). The van der Waals surface area contributed by atoms with Crippen molar-refractivity contribution in [2.45, 2.75) is 0 Å². The number of rotatable bonds is 1. The van der Waals surface area contributed by atoms with Gasteiger partial charge in [-0.25, -0.2) is 9.48 Å². The Labute approximate surface area is 99.5 Å². The zero-order valence-corrected chi connectivity index (χ0v) is 9.07. The first-order valence-electron chi connectivity index (χ1n) is 5.16. The van der Waals surface area contributed by atoms with Gasteiger partial charge in [0.15, 0.2) is 5.65 Å². The number of nitrogens with one attached hydrogen (secondary N) is 1. The Morgan fingerprint density at radius 1 is 1.17 bits per heavy atom. The highest BCUT2D eigenvalue weighted by molar-refractivity contribution is 5.74. The van der Waals surface area contributed by atoms with Crippen LogP contribution in [0, 0.1) is 0 Å². The molecule has 18 heavy (non-hydrogen) atoms. The van der Waals surface area contributed by atoms with Gasteiger partial charge < -0.3 is 5.21 Å². The average molecular weight is 244 g/mol. The maximum absolute atomic E-state index is 11.6. The lowest BCUT2D eigenvalue weighted by molar-refractivity contribution is 0.162. The highest BCUT2D eigenvalue weighted by atomic mass is 16.5. The summed E-state index contributed by atoms with van der Waals surface area (Å²) in [4.78, 5) is 25.4. The van der Waals surface area contributed by atoms with Crippen molar-refractivity contribution in [3.63, 3.8) is 0 Å². The number of fused-ring (bicyclic) bond motifs is 1. The molecule has 90 valence electrons. The number of nitrogens with zero attached hydrogens (tertiary/aromatic N) is 3. The Morgan fingerprint density at radius 3 is 2.61 bits per heavy atom. The van der Waals surface area contributed by atoms with Crippen LogP contribution in [0.15, 0.2) is 46.1 Å². The van der Waals surface area contributed by atoms with Gasteiger partial charge in [-0.2, -0.15) is 5.10 Å². The third kappa shape index (κ3) is 1.34. The van der Waals surface area contributed by atoms with E-state index >= 15 is 0 Å². The van der Waals surface area contributed by atoms with Crippen molar-refractivity contribution in [2.24, 2.45) is 0 Å². The van der Waals surface area contributed by atoms with Crippen molar-refractivity contribution in [3.05, 3.63) is 57.4 Å². The van der Waals surface area contributed by atoms with Gasteiger partial charge >= 0.3 is 11.2 Å².